The van der Waals surface area contributed by atoms with Gasteiger partial charge in [0.2, 0.25) is 0 Å². The van der Waals surface area contributed by atoms with Crippen molar-refractivity contribution in [2.24, 2.45) is 0 Å². The number of aryl methyl sites for hydroxylation is 2. The normalized spacial score (nSPS) is 11.5. The van der Waals surface area contributed by atoms with Gasteiger partial charge in [0.25, 0.3) is 11.6 Å². The van der Waals surface area contributed by atoms with E-state index in [0.717, 1.165) is 11.1 Å². The lowest BCUT2D eigenvalue weighted by atomic mass is 10.1. The van der Waals surface area contributed by atoms with Crippen LogP contribution in [0.5, 0.6) is 0 Å². The van der Waals surface area contributed by atoms with Crippen molar-refractivity contribution in [3.8, 4) is 0 Å². The number of benzene rings is 2. The number of non-ortho nitro benzene ring substituents is 1. The fraction of sp³-hybridized carbons (Fsp3) is 0.222. The minimum Gasteiger partial charge on any atom is -0.449 e. The molecule has 0 fully saturated rings. The van der Waals surface area contributed by atoms with E-state index in [0.29, 0.717) is 5.56 Å². The number of nitro groups is 1. The van der Waals surface area contributed by atoms with Crippen molar-refractivity contribution >= 4 is 23.3 Å². The largest absolute Gasteiger partial charge is 0.449 e. The van der Waals surface area contributed by atoms with Gasteiger partial charge in [-0.3, -0.25) is 14.9 Å². The summed E-state index contributed by atoms with van der Waals surface area (Å²) in [7, 11) is 0. The number of nitrogens with one attached hydrogen (secondary N) is 1. The molecule has 0 saturated carbocycles. The van der Waals surface area contributed by atoms with Crippen LogP contribution >= 0.6 is 0 Å². The molecule has 0 aliphatic rings. The van der Waals surface area contributed by atoms with E-state index < -0.39 is 22.9 Å². The van der Waals surface area contributed by atoms with Gasteiger partial charge < -0.3 is 10.1 Å². The summed E-state index contributed by atoms with van der Waals surface area (Å²) in [4.78, 5) is 34.5. The molecule has 2 aromatic rings. The fourth-order valence-electron chi connectivity index (χ4n) is 2.32. The minimum atomic E-state index is -1.05. The molecule has 0 heterocycles. The molecule has 0 bridgehead atoms. The van der Waals surface area contributed by atoms with E-state index >= 15 is 0 Å². The minimum absolute atomic E-state index is 0.141. The van der Waals surface area contributed by atoms with E-state index in [2.05, 4.69) is 5.32 Å². The summed E-state index contributed by atoms with van der Waals surface area (Å²) < 4.78 is 5.17. The summed E-state index contributed by atoms with van der Waals surface area (Å²) >= 11 is 0. The first kappa shape index (κ1) is 18.1. The topological polar surface area (TPSA) is 98.5 Å². The molecule has 1 unspecified atom stereocenters. The second-order valence-electron chi connectivity index (χ2n) is 5.72. The van der Waals surface area contributed by atoms with E-state index in [1.165, 1.54) is 31.2 Å². The summed E-state index contributed by atoms with van der Waals surface area (Å²) in [5.74, 6) is -1.17. The Bertz CT molecular complexity index is 812. The molecule has 0 saturated heterocycles. The molecule has 0 aromatic heterocycles. The van der Waals surface area contributed by atoms with Crippen LogP contribution in [0.2, 0.25) is 0 Å². The second kappa shape index (κ2) is 7.57. The predicted octanol–water partition coefficient (Wildman–Crippen LogP) is 3.40. The number of hydrogen-bond acceptors (Lipinski definition) is 5. The molecule has 1 N–H and O–H groups in total. The first-order valence-corrected chi connectivity index (χ1v) is 7.61. The van der Waals surface area contributed by atoms with Crippen LogP contribution in [-0.4, -0.2) is 22.9 Å². The molecule has 25 heavy (non-hydrogen) atoms. The van der Waals surface area contributed by atoms with Crippen molar-refractivity contribution in [3.05, 3.63) is 69.3 Å². The third-order valence-electron chi connectivity index (χ3n) is 3.43. The summed E-state index contributed by atoms with van der Waals surface area (Å²) in [6.45, 7) is 5.16. The number of nitro benzene ring substituents is 1. The first-order chi connectivity index (χ1) is 11.8. The summed E-state index contributed by atoms with van der Waals surface area (Å²) in [5, 5.41) is 13.2. The number of carbonyl (C=O) groups is 2. The van der Waals surface area contributed by atoms with Gasteiger partial charge in [-0.25, -0.2) is 4.79 Å². The Balaban J connectivity index is 2.03. The zero-order chi connectivity index (χ0) is 18.6. The SMILES string of the molecule is Cc1cc(C)cc(C(=O)OC(C)C(=O)Nc2cccc([N+](=O)[O-])c2)c1. The van der Waals surface area contributed by atoms with Crippen molar-refractivity contribution in [3.63, 3.8) is 0 Å². The van der Waals surface area contributed by atoms with E-state index in [-0.39, 0.29) is 11.4 Å². The Morgan fingerprint density at radius 2 is 1.76 bits per heavy atom. The average Bonchev–Trinajstić information content (AvgIpc) is 2.54. The van der Waals surface area contributed by atoms with Crippen molar-refractivity contribution in [2.75, 3.05) is 5.32 Å². The molecule has 2 aromatic carbocycles. The van der Waals surface area contributed by atoms with Crippen LogP contribution in [0, 0.1) is 24.0 Å². The maximum absolute atomic E-state index is 12.2. The van der Waals surface area contributed by atoms with Crippen molar-refractivity contribution < 1.29 is 19.2 Å². The molecular formula is C18H18N2O5. The van der Waals surface area contributed by atoms with Gasteiger partial charge in [-0.2, -0.15) is 0 Å². The number of nitrogens with zero attached hydrogens (tertiary/aromatic N) is 1. The molecule has 2 rings (SSSR count). The Kier molecular flexibility index (Phi) is 5.49. The van der Waals surface area contributed by atoms with E-state index in [1.807, 2.05) is 19.9 Å². The third-order valence-corrected chi connectivity index (χ3v) is 3.43. The number of amides is 1. The van der Waals surface area contributed by atoms with Crippen LogP contribution in [0.15, 0.2) is 42.5 Å². The highest BCUT2D eigenvalue weighted by atomic mass is 16.6. The van der Waals surface area contributed by atoms with Crippen LogP contribution < -0.4 is 5.32 Å². The second-order valence-corrected chi connectivity index (χ2v) is 5.72. The molecule has 7 heteroatoms. The first-order valence-electron chi connectivity index (χ1n) is 7.61. The van der Waals surface area contributed by atoms with Gasteiger partial charge in [0.15, 0.2) is 6.10 Å². The number of ether oxygens (including phenoxy) is 1. The van der Waals surface area contributed by atoms with E-state index in [4.69, 9.17) is 4.74 Å². The van der Waals surface area contributed by atoms with Gasteiger partial charge >= 0.3 is 5.97 Å². The van der Waals surface area contributed by atoms with Gasteiger partial charge in [0.1, 0.15) is 0 Å². The zero-order valence-corrected chi connectivity index (χ0v) is 14.1. The van der Waals surface area contributed by atoms with Gasteiger partial charge in [-0.05, 0) is 39.0 Å². The maximum atomic E-state index is 12.2. The smallest absolute Gasteiger partial charge is 0.338 e. The van der Waals surface area contributed by atoms with E-state index in [9.17, 15) is 19.7 Å². The highest BCUT2D eigenvalue weighted by Crippen LogP contribution is 2.18. The Labute approximate surface area is 144 Å². The summed E-state index contributed by atoms with van der Waals surface area (Å²) in [5.41, 5.74) is 2.32. The summed E-state index contributed by atoms with van der Waals surface area (Å²) in [6.07, 6.45) is -1.05. The number of rotatable bonds is 5. The highest BCUT2D eigenvalue weighted by Gasteiger charge is 2.20. The van der Waals surface area contributed by atoms with Crippen molar-refractivity contribution in [2.45, 2.75) is 26.9 Å². The van der Waals surface area contributed by atoms with Crippen molar-refractivity contribution in [1.82, 2.24) is 0 Å². The lowest BCUT2D eigenvalue weighted by molar-refractivity contribution is -0.384. The Morgan fingerprint density at radius 3 is 2.36 bits per heavy atom. The standard InChI is InChI=1S/C18H18N2O5/c1-11-7-12(2)9-14(8-11)18(22)25-13(3)17(21)19-15-5-4-6-16(10-15)20(23)24/h4-10,13H,1-3H3,(H,19,21). The van der Waals surface area contributed by atoms with Crippen LogP contribution in [0.25, 0.3) is 0 Å². The molecule has 7 nitrogen and oxygen atoms in total. The fourth-order valence-corrected chi connectivity index (χ4v) is 2.32. The quantitative estimate of drug-likeness (QED) is 0.510. The predicted molar refractivity (Wildman–Crippen MR) is 92.5 cm³/mol. The third kappa shape index (κ3) is 4.87. The Morgan fingerprint density at radius 1 is 1.12 bits per heavy atom. The molecule has 0 aliphatic carbocycles. The van der Waals surface area contributed by atoms with Gasteiger partial charge in [-0.1, -0.05) is 23.3 Å². The lowest BCUT2D eigenvalue weighted by Gasteiger charge is -2.14. The molecule has 1 amide bonds. The van der Waals surface area contributed by atoms with E-state index in [1.54, 1.807) is 12.1 Å². The van der Waals surface area contributed by atoms with Gasteiger partial charge in [-0.15, -0.1) is 0 Å². The highest BCUT2D eigenvalue weighted by molar-refractivity contribution is 5.97. The van der Waals surface area contributed by atoms with Crippen LogP contribution in [0.4, 0.5) is 11.4 Å². The van der Waals surface area contributed by atoms with Gasteiger partial charge in [0.05, 0.1) is 10.5 Å². The molecule has 0 spiro atoms. The molecule has 0 radical (unpaired) electrons. The molecule has 1 atom stereocenters. The molecule has 130 valence electrons. The molecular weight excluding hydrogens is 324 g/mol. The monoisotopic (exact) mass is 342 g/mol. The number of esters is 1. The lowest BCUT2D eigenvalue weighted by Crippen LogP contribution is -2.30. The zero-order valence-electron chi connectivity index (χ0n) is 14.1. The summed E-state index contributed by atoms with van der Waals surface area (Å²) in [6, 6.07) is 10.8. The maximum Gasteiger partial charge on any atom is 0.338 e. The van der Waals surface area contributed by atoms with Crippen LogP contribution in [0.1, 0.15) is 28.4 Å². The Hall–Kier alpha value is -3.22. The molecule has 0 aliphatic heterocycles. The number of carbonyl (C=O) groups excluding carboxylic acids is 2. The van der Waals surface area contributed by atoms with Crippen molar-refractivity contribution in [1.29, 1.82) is 0 Å². The number of hydrogen-bond donors (Lipinski definition) is 1. The van der Waals surface area contributed by atoms with Gasteiger partial charge in [0, 0.05) is 17.8 Å². The number of anilines is 1. The van der Waals surface area contributed by atoms with Crippen LogP contribution in [-0.2, 0) is 9.53 Å². The van der Waals surface area contributed by atoms with Crippen LogP contribution in [0.3, 0.4) is 0 Å². The average molecular weight is 342 g/mol.